The molecule has 0 saturated heterocycles. The van der Waals surface area contributed by atoms with Crippen LogP contribution in [0.1, 0.15) is 32.8 Å². The predicted molar refractivity (Wildman–Crippen MR) is 150 cm³/mol. The van der Waals surface area contributed by atoms with Crippen LogP contribution in [0.4, 0.5) is 20.4 Å². The van der Waals surface area contributed by atoms with Gasteiger partial charge in [-0.1, -0.05) is 24.5 Å². The molecule has 2 aromatic carbocycles. The molecule has 9 nitrogen and oxygen atoms in total. The number of nitrogens with two attached hydrogens (primary N) is 2. The van der Waals surface area contributed by atoms with E-state index in [9.17, 15) is 13.6 Å². The highest BCUT2D eigenvalue weighted by atomic mass is 32.2. The zero-order chi connectivity index (χ0) is 28.5. The number of anilines is 2. The van der Waals surface area contributed by atoms with Gasteiger partial charge in [0.1, 0.15) is 23.0 Å². The first kappa shape index (κ1) is 30.1. The lowest BCUT2D eigenvalue weighted by Crippen LogP contribution is -2.35. The molecule has 1 aliphatic heterocycles. The molecule has 2 heterocycles. The third kappa shape index (κ3) is 9.05. The Morgan fingerprint density at radius 1 is 1.23 bits per heavy atom. The van der Waals surface area contributed by atoms with Gasteiger partial charge in [0.25, 0.3) is 0 Å². The van der Waals surface area contributed by atoms with Crippen LogP contribution < -0.4 is 26.3 Å². The molecular formula is C27H34F2N6O3S. The van der Waals surface area contributed by atoms with E-state index in [2.05, 4.69) is 19.6 Å². The number of nitrogens with zero attached hydrogens (tertiary/aromatic N) is 3. The first-order valence-electron chi connectivity index (χ1n) is 12.4. The third-order valence-corrected chi connectivity index (χ3v) is 6.85. The summed E-state index contributed by atoms with van der Waals surface area (Å²) in [5.74, 6) is 0.768. The molecule has 0 aliphatic carbocycles. The van der Waals surface area contributed by atoms with Crippen molar-refractivity contribution in [2.45, 2.75) is 45.2 Å². The average molecular weight is 561 g/mol. The van der Waals surface area contributed by atoms with Crippen LogP contribution in [0.15, 0.2) is 47.0 Å². The van der Waals surface area contributed by atoms with Crippen LogP contribution in [-0.4, -0.2) is 41.5 Å². The molecule has 0 spiro atoms. The molecule has 0 fully saturated rings. The van der Waals surface area contributed by atoms with Crippen molar-refractivity contribution in [3.05, 3.63) is 59.8 Å². The van der Waals surface area contributed by atoms with Crippen molar-refractivity contribution in [2.24, 2.45) is 21.7 Å². The number of benzene rings is 2. The van der Waals surface area contributed by atoms with Crippen LogP contribution in [0.2, 0.25) is 0 Å². The molecule has 5 N–H and O–H groups in total. The number of ether oxygens (including phenoxy) is 2. The maximum absolute atomic E-state index is 14.7. The fourth-order valence-electron chi connectivity index (χ4n) is 3.42. The monoisotopic (exact) mass is 560 g/mol. The molecule has 4 bridgehead atoms. The summed E-state index contributed by atoms with van der Waals surface area (Å²) in [6.45, 7) is 6.12. The van der Waals surface area contributed by atoms with Gasteiger partial charge in [-0.15, -0.1) is 0 Å². The molecule has 1 amide bonds. The molecule has 210 valence electrons. The number of carbonyl (C=O) groups excluding carboxylic acids is 1. The van der Waals surface area contributed by atoms with Gasteiger partial charge >= 0.3 is 0 Å². The van der Waals surface area contributed by atoms with Gasteiger partial charge in [-0.05, 0) is 48.9 Å². The van der Waals surface area contributed by atoms with Gasteiger partial charge in [-0.2, -0.15) is 4.36 Å². The molecular weight excluding hydrogens is 526 g/mol. The Labute approximate surface area is 229 Å². The number of halogens is 2. The number of aromatic nitrogens is 2. The van der Waals surface area contributed by atoms with Crippen molar-refractivity contribution < 1.29 is 23.0 Å². The maximum Gasteiger partial charge on any atom is 0.238 e. The maximum atomic E-state index is 14.7. The topological polar surface area (TPSA) is 138 Å². The number of rotatable bonds is 4. The van der Waals surface area contributed by atoms with Crippen LogP contribution >= 0.6 is 0 Å². The van der Waals surface area contributed by atoms with Crippen molar-refractivity contribution in [2.75, 3.05) is 18.2 Å². The Hall–Kier alpha value is -3.48. The minimum atomic E-state index is -0.652. The van der Waals surface area contributed by atoms with E-state index in [4.69, 9.17) is 20.9 Å². The van der Waals surface area contributed by atoms with Crippen molar-refractivity contribution in [1.29, 1.82) is 0 Å². The summed E-state index contributed by atoms with van der Waals surface area (Å²) < 4.78 is 44.3. The van der Waals surface area contributed by atoms with Gasteiger partial charge in [-0.25, -0.2) is 18.7 Å². The highest BCUT2D eigenvalue weighted by Crippen LogP contribution is 2.33. The van der Waals surface area contributed by atoms with Crippen LogP contribution in [0.5, 0.6) is 11.5 Å². The SMILES string of the molecule is CC(C)C(N)N.CC1CCOc2cc(F)ccc2-c2nc(ncc2F)Nc2cc(CS(C)=NC=O)cc(c2)O1. The fraction of sp³-hybridized carbons (Fsp3) is 0.370. The number of carbonyl (C=O) groups is 1. The van der Waals surface area contributed by atoms with E-state index in [1.807, 2.05) is 39.2 Å². The lowest BCUT2D eigenvalue weighted by atomic mass is 10.1. The van der Waals surface area contributed by atoms with Gasteiger partial charge in [0.2, 0.25) is 12.4 Å². The standard InChI is InChI=1S/C23H22F2N4O3S.C4H12N2/c1-14-5-6-31-21-9-16(24)3-4-19(21)22-20(25)11-26-23(29-22)28-17-7-15(8-18(10-17)32-14)12-33(2)27-13-30;1-3(2)4(5)6/h3-4,7-11,13-14H,5-6,12H2,1-2H3,(H,26,28,29);3-4H,5-6H2,1-2H3. The minimum absolute atomic E-state index is 0.000114. The summed E-state index contributed by atoms with van der Waals surface area (Å²) >= 11 is 0. The summed E-state index contributed by atoms with van der Waals surface area (Å²) in [6, 6.07) is 9.44. The average Bonchev–Trinajstić information content (AvgIpc) is 2.85. The Kier molecular flexibility index (Phi) is 10.8. The Morgan fingerprint density at radius 2 is 1.97 bits per heavy atom. The molecule has 0 radical (unpaired) electrons. The predicted octanol–water partition coefficient (Wildman–Crippen LogP) is 4.69. The zero-order valence-electron chi connectivity index (χ0n) is 22.4. The summed E-state index contributed by atoms with van der Waals surface area (Å²) in [5, 5.41) is 3.09. The van der Waals surface area contributed by atoms with E-state index in [-0.39, 0.29) is 36.3 Å². The molecule has 0 saturated carbocycles. The van der Waals surface area contributed by atoms with E-state index in [1.54, 1.807) is 6.07 Å². The summed E-state index contributed by atoms with van der Waals surface area (Å²) in [7, 11) is -0.484. The molecule has 1 aliphatic rings. The quantitative estimate of drug-likeness (QED) is 0.309. The van der Waals surface area contributed by atoms with E-state index in [0.717, 1.165) is 11.8 Å². The van der Waals surface area contributed by atoms with Crippen LogP contribution in [-0.2, 0) is 21.2 Å². The molecule has 2 atom stereocenters. The van der Waals surface area contributed by atoms with Crippen LogP contribution in [0.3, 0.4) is 0 Å². The first-order valence-corrected chi connectivity index (χ1v) is 14.1. The largest absolute Gasteiger partial charge is 0.493 e. The smallest absolute Gasteiger partial charge is 0.238 e. The lowest BCUT2D eigenvalue weighted by molar-refractivity contribution is -0.106. The van der Waals surface area contributed by atoms with Gasteiger partial charge < -0.3 is 26.3 Å². The van der Waals surface area contributed by atoms with Crippen molar-refractivity contribution in [1.82, 2.24) is 9.97 Å². The summed E-state index contributed by atoms with van der Waals surface area (Å²) in [5.41, 5.74) is 12.3. The molecule has 1 aromatic heterocycles. The van der Waals surface area contributed by atoms with Gasteiger partial charge in [0.15, 0.2) is 5.82 Å². The molecule has 3 aromatic rings. The second kappa shape index (κ2) is 14.1. The normalized spacial score (nSPS) is 15.6. The Bertz CT molecular complexity index is 1320. The molecule has 4 rings (SSSR count). The molecule has 39 heavy (non-hydrogen) atoms. The summed E-state index contributed by atoms with van der Waals surface area (Å²) in [6.07, 6.45) is 3.64. The van der Waals surface area contributed by atoms with Crippen molar-refractivity contribution in [3.63, 3.8) is 0 Å². The second-order valence-electron chi connectivity index (χ2n) is 9.36. The first-order chi connectivity index (χ1) is 18.5. The van der Waals surface area contributed by atoms with Gasteiger partial charge in [0.05, 0.1) is 25.1 Å². The highest BCUT2D eigenvalue weighted by Gasteiger charge is 2.17. The Morgan fingerprint density at radius 3 is 2.67 bits per heavy atom. The van der Waals surface area contributed by atoms with Crippen molar-refractivity contribution >= 4 is 28.7 Å². The van der Waals surface area contributed by atoms with E-state index in [1.165, 1.54) is 18.2 Å². The zero-order valence-corrected chi connectivity index (χ0v) is 23.2. The molecule has 12 heteroatoms. The summed E-state index contributed by atoms with van der Waals surface area (Å²) in [4.78, 5) is 19.1. The second-order valence-corrected chi connectivity index (χ2v) is 11.1. The Balaban J connectivity index is 0.000000631. The van der Waals surface area contributed by atoms with E-state index >= 15 is 0 Å². The highest BCUT2D eigenvalue weighted by molar-refractivity contribution is 7.86. The van der Waals surface area contributed by atoms with Crippen LogP contribution in [0, 0.1) is 17.6 Å². The van der Waals surface area contributed by atoms with E-state index in [0.29, 0.717) is 41.5 Å². The van der Waals surface area contributed by atoms with Crippen LogP contribution in [0.25, 0.3) is 11.3 Å². The van der Waals surface area contributed by atoms with Crippen molar-refractivity contribution in [3.8, 4) is 22.8 Å². The molecule has 2 unspecified atom stereocenters. The number of amides is 1. The van der Waals surface area contributed by atoms with E-state index < -0.39 is 22.3 Å². The third-order valence-electron chi connectivity index (χ3n) is 5.65. The number of fused-ring (bicyclic) bond motifs is 6. The van der Waals surface area contributed by atoms with Gasteiger partial charge in [-0.3, -0.25) is 4.79 Å². The van der Waals surface area contributed by atoms with Gasteiger partial charge in [0, 0.05) is 35.6 Å². The number of hydrogen-bond acceptors (Lipinski definition) is 8. The number of nitrogens with one attached hydrogen (secondary N) is 1. The fourth-order valence-corrected chi connectivity index (χ4v) is 4.29. The lowest BCUT2D eigenvalue weighted by Gasteiger charge is -2.19. The number of hydrogen-bond donors (Lipinski definition) is 3. The minimum Gasteiger partial charge on any atom is -0.493 e.